The lowest BCUT2D eigenvalue weighted by Crippen LogP contribution is -2.41. The molecule has 0 aliphatic heterocycles. The zero-order chi connectivity index (χ0) is 14.1. The molecule has 0 aromatic heterocycles. The molecule has 0 saturated heterocycles. The van der Waals surface area contributed by atoms with Crippen LogP contribution < -0.4 is 5.32 Å². The van der Waals surface area contributed by atoms with Crippen LogP contribution in [0.15, 0.2) is 30.3 Å². The van der Waals surface area contributed by atoms with Gasteiger partial charge in [0, 0.05) is 6.54 Å². The SMILES string of the molecule is O=C(O)[C@H]1[C@@H]2CC[C@@H](C2)[C@@H]1C(=O)NCc1ccccc1. The first-order chi connectivity index (χ1) is 9.66. The van der Waals surface area contributed by atoms with E-state index in [0.29, 0.717) is 6.54 Å². The van der Waals surface area contributed by atoms with Crippen molar-refractivity contribution in [1.82, 2.24) is 5.32 Å². The molecule has 4 heteroatoms. The van der Waals surface area contributed by atoms with Gasteiger partial charge in [0.1, 0.15) is 0 Å². The van der Waals surface area contributed by atoms with Gasteiger partial charge >= 0.3 is 5.97 Å². The van der Waals surface area contributed by atoms with Crippen LogP contribution in [0.2, 0.25) is 0 Å². The molecule has 2 fully saturated rings. The van der Waals surface area contributed by atoms with Crippen LogP contribution >= 0.6 is 0 Å². The number of carboxylic acids is 1. The summed E-state index contributed by atoms with van der Waals surface area (Å²) in [7, 11) is 0. The summed E-state index contributed by atoms with van der Waals surface area (Å²) in [5.41, 5.74) is 1.04. The Hall–Kier alpha value is -1.84. The van der Waals surface area contributed by atoms with E-state index < -0.39 is 11.9 Å². The van der Waals surface area contributed by atoms with Crippen molar-refractivity contribution in [3.8, 4) is 0 Å². The topological polar surface area (TPSA) is 66.4 Å². The number of carbonyl (C=O) groups is 2. The minimum atomic E-state index is -0.808. The number of carbonyl (C=O) groups excluding carboxylic acids is 1. The zero-order valence-electron chi connectivity index (χ0n) is 11.3. The van der Waals surface area contributed by atoms with E-state index in [1.165, 1.54) is 0 Å². The molecule has 0 unspecified atom stereocenters. The molecule has 2 aliphatic rings. The largest absolute Gasteiger partial charge is 0.481 e. The van der Waals surface area contributed by atoms with Gasteiger partial charge in [0.25, 0.3) is 0 Å². The van der Waals surface area contributed by atoms with Gasteiger partial charge in [-0.15, -0.1) is 0 Å². The first-order valence-corrected chi connectivity index (χ1v) is 7.21. The number of carboxylic acid groups (broad SMARTS) is 1. The predicted molar refractivity (Wildman–Crippen MR) is 73.7 cm³/mol. The van der Waals surface area contributed by atoms with E-state index in [2.05, 4.69) is 5.32 Å². The van der Waals surface area contributed by atoms with Crippen LogP contribution in [0.4, 0.5) is 0 Å². The first-order valence-electron chi connectivity index (χ1n) is 7.21. The summed E-state index contributed by atoms with van der Waals surface area (Å²) in [5.74, 6) is -1.26. The monoisotopic (exact) mass is 273 g/mol. The highest BCUT2D eigenvalue weighted by Crippen LogP contribution is 2.52. The molecule has 0 radical (unpaired) electrons. The van der Waals surface area contributed by atoms with Crippen molar-refractivity contribution in [2.45, 2.75) is 25.8 Å². The van der Waals surface area contributed by atoms with E-state index in [9.17, 15) is 14.7 Å². The van der Waals surface area contributed by atoms with E-state index in [1.54, 1.807) is 0 Å². The highest BCUT2D eigenvalue weighted by molar-refractivity contribution is 5.86. The average molecular weight is 273 g/mol. The standard InChI is InChI=1S/C16H19NO3/c18-15(17-9-10-4-2-1-3-5-10)13-11-6-7-12(8-11)14(13)16(19)20/h1-5,11-14H,6-9H2,(H,17,18)(H,19,20)/t11-,12+,13-,14-/m0/s1. The van der Waals surface area contributed by atoms with Gasteiger partial charge < -0.3 is 10.4 Å². The average Bonchev–Trinajstić information content (AvgIpc) is 3.06. The van der Waals surface area contributed by atoms with E-state index in [-0.39, 0.29) is 23.7 Å². The number of rotatable bonds is 4. The zero-order valence-corrected chi connectivity index (χ0v) is 11.3. The van der Waals surface area contributed by atoms with Crippen LogP contribution in [0.1, 0.15) is 24.8 Å². The maximum Gasteiger partial charge on any atom is 0.307 e. The van der Waals surface area contributed by atoms with Gasteiger partial charge in [-0.2, -0.15) is 0 Å². The molecule has 20 heavy (non-hydrogen) atoms. The Morgan fingerprint density at radius 1 is 1.10 bits per heavy atom. The number of aliphatic carboxylic acids is 1. The van der Waals surface area contributed by atoms with Crippen LogP contribution in [0.3, 0.4) is 0 Å². The molecule has 2 aliphatic carbocycles. The molecule has 0 spiro atoms. The van der Waals surface area contributed by atoms with Crippen molar-refractivity contribution in [3.05, 3.63) is 35.9 Å². The number of amides is 1. The Kier molecular flexibility index (Phi) is 3.47. The van der Waals surface area contributed by atoms with E-state index in [0.717, 1.165) is 24.8 Å². The summed E-state index contributed by atoms with van der Waals surface area (Å²) in [6.07, 6.45) is 2.86. The Labute approximate surface area is 118 Å². The highest BCUT2D eigenvalue weighted by atomic mass is 16.4. The van der Waals surface area contributed by atoms with Gasteiger partial charge in [0.05, 0.1) is 11.8 Å². The molecule has 0 heterocycles. The predicted octanol–water partition coefficient (Wildman–Crippen LogP) is 2.05. The van der Waals surface area contributed by atoms with Crippen molar-refractivity contribution >= 4 is 11.9 Å². The smallest absolute Gasteiger partial charge is 0.307 e. The van der Waals surface area contributed by atoms with Crippen molar-refractivity contribution in [3.63, 3.8) is 0 Å². The van der Waals surface area contributed by atoms with E-state index >= 15 is 0 Å². The molecule has 1 aromatic carbocycles. The Morgan fingerprint density at radius 2 is 1.75 bits per heavy atom. The van der Waals surface area contributed by atoms with Gasteiger partial charge in [-0.25, -0.2) is 0 Å². The number of fused-ring (bicyclic) bond motifs is 2. The molecule has 2 bridgehead atoms. The lowest BCUT2D eigenvalue weighted by Gasteiger charge is -2.27. The molecule has 2 saturated carbocycles. The minimum Gasteiger partial charge on any atom is -0.481 e. The minimum absolute atomic E-state index is 0.0894. The van der Waals surface area contributed by atoms with Crippen LogP contribution in [0.5, 0.6) is 0 Å². The molecule has 4 nitrogen and oxygen atoms in total. The fraction of sp³-hybridized carbons (Fsp3) is 0.500. The van der Waals surface area contributed by atoms with Gasteiger partial charge in [0.2, 0.25) is 5.91 Å². The summed E-state index contributed by atoms with van der Waals surface area (Å²) in [6, 6.07) is 9.70. The van der Waals surface area contributed by atoms with Crippen molar-refractivity contribution in [2.75, 3.05) is 0 Å². The van der Waals surface area contributed by atoms with Gasteiger partial charge in [-0.1, -0.05) is 30.3 Å². The van der Waals surface area contributed by atoms with Gasteiger partial charge in [-0.05, 0) is 36.7 Å². The second kappa shape index (κ2) is 5.27. The van der Waals surface area contributed by atoms with Crippen molar-refractivity contribution in [1.29, 1.82) is 0 Å². The van der Waals surface area contributed by atoms with Crippen LogP contribution in [-0.2, 0) is 16.1 Å². The van der Waals surface area contributed by atoms with Gasteiger partial charge in [-0.3, -0.25) is 9.59 Å². The molecule has 1 aromatic rings. The quantitative estimate of drug-likeness (QED) is 0.882. The maximum absolute atomic E-state index is 12.3. The number of nitrogens with one attached hydrogen (secondary N) is 1. The van der Waals surface area contributed by atoms with Crippen LogP contribution in [-0.4, -0.2) is 17.0 Å². The normalized spacial score (nSPS) is 31.2. The first kappa shape index (κ1) is 13.2. The lowest BCUT2D eigenvalue weighted by atomic mass is 9.78. The Bertz CT molecular complexity index is 514. The maximum atomic E-state index is 12.3. The van der Waals surface area contributed by atoms with Gasteiger partial charge in [0.15, 0.2) is 0 Å². The van der Waals surface area contributed by atoms with E-state index in [4.69, 9.17) is 0 Å². The molecule has 4 atom stereocenters. The summed E-state index contributed by atoms with van der Waals surface area (Å²) < 4.78 is 0. The number of benzene rings is 1. The summed E-state index contributed by atoms with van der Waals surface area (Å²) in [5, 5.41) is 12.3. The van der Waals surface area contributed by atoms with Crippen molar-refractivity contribution in [2.24, 2.45) is 23.7 Å². The molecule has 2 N–H and O–H groups in total. The summed E-state index contributed by atoms with van der Waals surface area (Å²) >= 11 is 0. The molecular weight excluding hydrogens is 254 g/mol. The second-order valence-corrected chi connectivity index (χ2v) is 5.93. The summed E-state index contributed by atoms with van der Waals surface area (Å²) in [6.45, 7) is 0.472. The number of hydrogen-bond acceptors (Lipinski definition) is 2. The third-order valence-electron chi connectivity index (χ3n) is 4.81. The van der Waals surface area contributed by atoms with Crippen molar-refractivity contribution < 1.29 is 14.7 Å². The second-order valence-electron chi connectivity index (χ2n) is 5.93. The van der Waals surface area contributed by atoms with Crippen LogP contribution in [0, 0.1) is 23.7 Å². The third-order valence-corrected chi connectivity index (χ3v) is 4.81. The van der Waals surface area contributed by atoms with Crippen LogP contribution in [0.25, 0.3) is 0 Å². The Morgan fingerprint density at radius 3 is 2.40 bits per heavy atom. The Balaban J connectivity index is 1.66. The highest BCUT2D eigenvalue weighted by Gasteiger charge is 2.53. The summed E-state index contributed by atoms with van der Waals surface area (Å²) in [4.78, 5) is 23.7. The lowest BCUT2D eigenvalue weighted by molar-refractivity contribution is -0.149. The molecule has 1 amide bonds. The fourth-order valence-electron chi connectivity index (χ4n) is 3.93. The molecular formula is C16H19NO3. The molecule has 3 rings (SSSR count). The number of hydrogen-bond donors (Lipinski definition) is 2. The van der Waals surface area contributed by atoms with E-state index in [1.807, 2.05) is 30.3 Å². The third kappa shape index (κ3) is 2.30. The fourth-order valence-corrected chi connectivity index (χ4v) is 3.93. The molecule has 106 valence electrons.